The normalized spacial score (nSPS) is 20.0. The van der Waals surface area contributed by atoms with Crippen LogP contribution in [0.4, 0.5) is 5.69 Å². The topological polar surface area (TPSA) is 55.6 Å². The summed E-state index contributed by atoms with van der Waals surface area (Å²) < 4.78 is 5.15. The molecule has 0 saturated carbocycles. The van der Waals surface area contributed by atoms with Crippen LogP contribution < -0.4 is 10.6 Å². The summed E-state index contributed by atoms with van der Waals surface area (Å²) in [7, 11) is 1.66. The molecule has 1 heterocycles. The number of ether oxygens (including phenoxy) is 1. The minimum atomic E-state index is 0.156. The van der Waals surface area contributed by atoms with Gasteiger partial charge in [-0.2, -0.15) is 0 Å². The van der Waals surface area contributed by atoms with Crippen molar-refractivity contribution in [2.24, 2.45) is 11.7 Å². The Bertz CT molecular complexity index is 406. The van der Waals surface area contributed by atoms with E-state index in [1.54, 1.807) is 7.11 Å². The summed E-state index contributed by atoms with van der Waals surface area (Å²) in [5.41, 5.74) is 7.63. The molecule has 0 spiro atoms. The number of para-hydroxylation sites is 1. The van der Waals surface area contributed by atoms with E-state index in [9.17, 15) is 4.79 Å². The number of methoxy groups -OCH3 is 1. The van der Waals surface area contributed by atoms with Gasteiger partial charge in [0.15, 0.2) is 0 Å². The largest absolute Gasteiger partial charge is 0.380 e. The van der Waals surface area contributed by atoms with E-state index in [2.05, 4.69) is 0 Å². The number of amides is 1. The maximum absolute atomic E-state index is 11.9. The zero-order chi connectivity index (χ0) is 12.3. The van der Waals surface area contributed by atoms with Crippen molar-refractivity contribution in [3.63, 3.8) is 0 Å². The lowest BCUT2D eigenvalue weighted by atomic mass is 10.1. The summed E-state index contributed by atoms with van der Waals surface area (Å²) >= 11 is 0. The zero-order valence-electron chi connectivity index (χ0n) is 10.1. The number of hydrogen-bond donors (Lipinski definition) is 1. The molecule has 0 radical (unpaired) electrons. The highest BCUT2D eigenvalue weighted by Gasteiger charge is 2.30. The zero-order valence-corrected chi connectivity index (χ0v) is 10.1. The molecule has 1 fully saturated rings. The summed E-state index contributed by atoms with van der Waals surface area (Å²) in [5.74, 6) is 0.433. The monoisotopic (exact) mass is 234 g/mol. The quantitative estimate of drug-likeness (QED) is 0.850. The number of rotatable bonds is 4. The first-order valence-electron chi connectivity index (χ1n) is 5.83. The van der Waals surface area contributed by atoms with E-state index in [1.165, 1.54) is 0 Å². The van der Waals surface area contributed by atoms with Gasteiger partial charge in [-0.05, 0) is 18.5 Å². The fourth-order valence-electron chi connectivity index (χ4n) is 2.22. The van der Waals surface area contributed by atoms with Gasteiger partial charge in [0.1, 0.15) is 0 Å². The van der Waals surface area contributed by atoms with Crippen LogP contribution in [-0.4, -0.2) is 26.1 Å². The Balaban J connectivity index is 2.25. The van der Waals surface area contributed by atoms with Crippen molar-refractivity contribution in [2.75, 3.05) is 25.1 Å². The lowest BCUT2D eigenvalue weighted by Crippen LogP contribution is -2.26. The summed E-state index contributed by atoms with van der Waals surface area (Å²) in [4.78, 5) is 13.8. The van der Waals surface area contributed by atoms with Crippen molar-refractivity contribution >= 4 is 11.6 Å². The van der Waals surface area contributed by atoms with E-state index in [4.69, 9.17) is 10.5 Å². The van der Waals surface area contributed by atoms with Crippen molar-refractivity contribution < 1.29 is 9.53 Å². The molecule has 2 N–H and O–H groups in total. The van der Waals surface area contributed by atoms with Crippen LogP contribution >= 0.6 is 0 Å². The van der Waals surface area contributed by atoms with Crippen molar-refractivity contribution in [2.45, 2.75) is 13.0 Å². The molecule has 1 aliphatic heterocycles. The van der Waals surface area contributed by atoms with Crippen molar-refractivity contribution in [1.82, 2.24) is 0 Å². The highest BCUT2D eigenvalue weighted by atomic mass is 16.5. The third kappa shape index (κ3) is 2.48. The van der Waals surface area contributed by atoms with Crippen LogP contribution in [0.25, 0.3) is 0 Å². The van der Waals surface area contributed by atoms with E-state index in [-0.39, 0.29) is 11.8 Å². The van der Waals surface area contributed by atoms with Gasteiger partial charge in [-0.25, -0.2) is 0 Å². The fourth-order valence-corrected chi connectivity index (χ4v) is 2.22. The number of nitrogens with two attached hydrogens (primary N) is 1. The van der Waals surface area contributed by atoms with Gasteiger partial charge in [0.25, 0.3) is 0 Å². The molecule has 0 aromatic heterocycles. The molecule has 92 valence electrons. The maximum Gasteiger partial charge on any atom is 0.227 e. The molecular formula is C13H18N2O2. The Morgan fingerprint density at radius 2 is 2.24 bits per heavy atom. The van der Waals surface area contributed by atoms with E-state index in [1.807, 2.05) is 29.2 Å². The third-order valence-electron chi connectivity index (χ3n) is 3.12. The summed E-state index contributed by atoms with van der Waals surface area (Å²) in [6.07, 6.45) is 0.553. The van der Waals surface area contributed by atoms with Gasteiger partial charge in [0, 0.05) is 31.3 Å². The number of carbonyl (C=O) groups excluding carboxylic acids is 1. The molecule has 1 unspecified atom stereocenters. The number of carbonyl (C=O) groups is 1. The van der Waals surface area contributed by atoms with Crippen LogP contribution in [-0.2, 0) is 16.1 Å². The van der Waals surface area contributed by atoms with Crippen LogP contribution in [0, 0.1) is 5.92 Å². The van der Waals surface area contributed by atoms with Crippen LogP contribution in [0.5, 0.6) is 0 Å². The van der Waals surface area contributed by atoms with Gasteiger partial charge < -0.3 is 15.4 Å². The molecule has 1 aromatic rings. The van der Waals surface area contributed by atoms with E-state index < -0.39 is 0 Å². The first-order valence-corrected chi connectivity index (χ1v) is 5.83. The average molecular weight is 234 g/mol. The molecule has 4 heteroatoms. The van der Waals surface area contributed by atoms with Gasteiger partial charge >= 0.3 is 0 Å². The first kappa shape index (κ1) is 12.1. The smallest absolute Gasteiger partial charge is 0.227 e. The van der Waals surface area contributed by atoms with Crippen molar-refractivity contribution in [1.29, 1.82) is 0 Å². The molecule has 0 bridgehead atoms. The summed E-state index contributed by atoms with van der Waals surface area (Å²) in [6.45, 7) is 1.80. The van der Waals surface area contributed by atoms with Crippen LogP contribution in [0.2, 0.25) is 0 Å². The van der Waals surface area contributed by atoms with Crippen LogP contribution in [0.3, 0.4) is 0 Å². The standard InChI is InChI=1S/C13H18N2O2/c1-17-9-11-4-2-3-5-12(11)15-8-10(7-14)6-13(15)16/h2-5,10H,6-9,14H2,1H3. The second-order valence-corrected chi connectivity index (χ2v) is 4.37. The third-order valence-corrected chi connectivity index (χ3v) is 3.12. The summed E-state index contributed by atoms with van der Waals surface area (Å²) in [6, 6.07) is 7.85. The minimum Gasteiger partial charge on any atom is -0.380 e. The molecule has 1 aromatic carbocycles. The predicted octanol–water partition coefficient (Wildman–Crippen LogP) is 1.14. The van der Waals surface area contributed by atoms with Gasteiger partial charge in [-0.15, -0.1) is 0 Å². The lowest BCUT2D eigenvalue weighted by Gasteiger charge is -2.20. The molecule has 1 amide bonds. The highest BCUT2D eigenvalue weighted by molar-refractivity contribution is 5.96. The number of hydrogen-bond acceptors (Lipinski definition) is 3. The Morgan fingerprint density at radius 3 is 2.88 bits per heavy atom. The molecule has 17 heavy (non-hydrogen) atoms. The predicted molar refractivity (Wildman–Crippen MR) is 66.7 cm³/mol. The molecule has 4 nitrogen and oxygen atoms in total. The van der Waals surface area contributed by atoms with E-state index in [0.717, 1.165) is 17.8 Å². The second kappa shape index (κ2) is 5.29. The van der Waals surface area contributed by atoms with Crippen molar-refractivity contribution in [3.8, 4) is 0 Å². The number of benzene rings is 1. The van der Waals surface area contributed by atoms with E-state index in [0.29, 0.717) is 19.6 Å². The fraction of sp³-hybridized carbons (Fsp3) is 0.462. The first-order chi connectivity index (χ1) is 8.26. The molecular weight excluding hydrogens is 216 g/mol. The Labute approximate surface area is 101 Å². The molecule has 2 rings (SSSR count). The SMILES string of the molecule is COCc1ccccc1N1CC(CN)CC1=O. The molecule has 1 atom stereocenters. The van der Waals surface area contributed by atoms with Gasteiger partial charge in [-0.3, -0.25) is 4.79 Å². The lowest BCUT2D eigenvalue weighted by molar-refractivity contribution is -0.117. The number of nitrogens with zero attached hydrogens (tertiary/aromatic N) is 1. The van der Waals surface area contributed by atoms with Crippen molar-refractivity contribution in [3.05, 3.63) is 29.8 Å². The Hall–Kier alpha value is -1.39. The van der Waals surface area contributed by atoms with E-state index >= 15 is 0 Å². The average Bonchev–Trinajstić information content (AvgIpc) is 2.72. The Kier molecular flexibility index (Phi) is 3.76. The highest BCUT2D eigenvalue weighted by Crippen LogP contribution is 2.28. The van der Waals surface area contributed by atoms with Crippen LogP contribution in [0.15, 0.2) is 24.3 Å². The number of anilines is 1. The van der Waals surface area contributed by atoms with Gasteiger partial charge in [0.05, 0.1) is 6.61 Å². The minimum absolute atomic E-state index is 0.156. The van der Waals surface area contributed by atoms with Gasteiger partial charge in [-0.1, -0.05) is 18.2 Å². The summed E-state index contributed by atoms with van der Waals surface area (Å²) in [5, 5.41) is 0. The molecule has 1 aliphatic rings. The second-order valence-electron chi connectivity index (χ2n) is 4.37. The van der Waals surface area contributed by atoms with Crippen LogP contribution in [0.1, 0.15) is 12.0 Å². The maximum atomic E-state index is 11.9. The molecule has 0 aliphatic carbocycles. The van der Waals surface area contributed by atoms with Gasteiger partial charge in [0.2, 0.25) is 5.91 Å². The molecule has 1 saturated heterocycles. The Morgan fingerprint density at radius 1 is 1.47 bits per heavy atom.